The summed E-state index contributed by atoms with van der Waals surface area (Å²) in [7, 11) is -4.22. The van der Waals surface area contributed by atoms with Crippen molar-refractivity contribution < 1.29 is 22.4 Å². The van der Waals surface area contributed by atoms with Crippen LogP contribution in [0.15, 0.2) is 114 Å². The van der Waals surface area contributed by atoms with Crippen LogP contribution < -0.4 is 9.62 Å². The third-order valence-corrected chi connectivity index (χ3v) is 8.69. The Balaban J connectivity index is 1.79. The highest BCUT2D eigenvalue weighted by Crippen LogP contribution is 2.26. The van der Waals surface area contributed by atoms with Gasteiger partial charge in [0, 0.05) is 30.1 Å². The SMILES string of the molecule is CCNC(=O)[C@H](Cc1ccccc1)N(Cc1ccccc1F)C(=O)CN(c1ccc(Cl)cc1)S(=O)(=O)c1ccccc1. The molecule has 0 heterocycles. The zero-order valence-corrected chi connectivity index (χ0v) is 24.6. The molecule has 0 unspecified atom stereocenters. The van der Waals surface area contributed by atoms with Crippen molar-refractivity contribution in [2.75, 3.05) is 17.4 Å². The number of hydrogen-bond donors (Lipinski definition) is 1. The molecule has 7 nitrogen and oxygen atoms in total. The van der Waals surface area contributed by atoms with E-state index in [-0.39, 0.29) is 29.1 Å². The van der Waals surface area contributed by atoms with Gasteiger partial charge in [0.05, 0.1) is 10.6 Å². The molecule has 2 amide bonds. The fourth-order valence-electron chi connectivity index (χ4n) is 4.51. The summed E-state index contributed by atoms with van der Waals surface area (Å²) < 4.78 is 43.6. The van der Waals surface area contributed by atoms with Crippen molar-refractivity contribution in [3.63, 3.8) is 0 Å². The number of carbonyl (C=O) groups excluding carboxylic acids is 2. The van der Waals surface area contributed by atoms with Gasteiger partial charge >= 0.3 is 0 Å². The Hall–Kier alpha value is -4.21. The van der Waals surface area contributed by atoms with E-state index in [0.29, 0.717) is 11.6 Å². The second-order valence-electron chi connectivity index (χ2n) is 9.51. The van der Waals surface area contributed by atoms with Crippen LogP contribution in [0.4, 0.5) is 10.1 Å². The predicted octanol–water partition coefficient (Wildman–Crippen LogP) is 5.45. The minimum atomic E-state index is -4.22. The average molecular weight is 608 g/mol. The molecule has 10 heteroatoms. The zero-order chi connectivity index (χ0) is 30.1. The van der Waals surface area contributed by atoms with Crippen LogP contribution in [-0.4, -0.2) is 44.3 Å². The number of rotatable bonds is 12. The summed E-state index contributed by atoms with van der Waals surface area (Å²) in [6.07, 6.45) is 0.138. The van der Waals surface area contributed by atoms with Crippen molar-refractivity contribution in [3.8, 4) is 0 Å². The van der Waals surface area contributed by atoms with Gasteiger partial charge in [-0.25, -0.2) is 12.8 Å². The maximum atomic E-state index is 14.9. The highest BCUT2D eigenvalue weighted by atomic mass is 35.5. The van der Waals surface area contributed by atoms with E-state index >= 15 is 0 Å². The van der Waals surface area contributed by atoms with E-state index in [1.54, 1.807) is 31.2 Å². The highest BCUT2D eigenvalue weighted by Gasteiger charge is 2.34. The van der Waals surface area contributed by atoms with Crippen LogP contribution in [0.5, 0.6) is 0 Å². The van der Waals surface area contributed by atoms with Gasteiger partial charge in [-0.1, -0.05) is 78.3 Å². The molecule has 0 saturated heterocycles. The number of anilines is 1. The van der Waals surface area contributed by atoms with E-state index < -0.39 is 40.2 Å². The number of carbonyl (C=O) groups is 2. The molecule has 0 aliphatic rings. The highest BCUT2D eigenvalue weighted by molar-refractivity contribution is 7.92. The molecule has 0 spiro atoms. The van der Waals surface area contributed by atoms with E-state index in [9.17, 15) is 22.4 Å². The lowest BCUT2D eigenvalue weighted by molar-refractivity contribution is -0.140. The van der Waals surface area contributed by atoms with Gasteiger partial charge in [0.15, 0.2) is 0 Å². The maximum absolute atomic E-state index is 14.9. The molecule has 0 aliphatic heterocycles. The first-order valence-electron chi connectivity index (χ1n) is 13.4. The molecule has 0 radical (unpaired) electrons. The Morgan fingerprint density at radius 1 is 0.857 bits per heavy atom. The lowest BCUT2D eigenvalue weighted by atomic mass is 10.0. The summed E-state index contributed by atoms with van der Waals surface area (Å²) in [5, 5.41) is 3.17. The fraction of sp³-hybridized carbons (Fsp3) is 0.188. The molecule has 0 aliphatic carbocycles. The summed E-state index contributed by atoms with van der Waals surface area (Å²) in [6, 6.07) is 27.9. The van der Waals surface area contributed by atoms with Gasteiger partial charge in [0.25, 0.3) is 10.0 Å². The molecule has 0 aromatic heterocycles. The smallest absolute Gasteiger partial charge is 0.264 e. The molecule has 0 saturated carbocycles. The average Bonchev–Trinajstić information content (AvgIpc) is 3.00. The van der Waals surface area contributed by atoms with E-state index in [2.05, 4.69) is 5.32 Å². The summed E-state index contributed by atoms with van der Waals surface area (Å²) in [4.78, 5) is 28.9. The molecule has 1 N–H and O–H groups in total. The van der Waals surface area contributed by atoms with Gasteiger partial charge in [-0.15, -0.1) is 0 Å². The number of amides is 2. The molecule has 218 valence electrons. The molecular weight excluding hydrogens is 577 g/mol. The van der Waals surface area contributed by atoms with Gasteiger partial charge in [-0.2, -0.15) is 0 Å². The monoisotopic (exact) mass is 607 g/mol. The van der Waals surface area contributed by atoms with E-state index in [1.165, 1.54) is 59.5 Å². The number of benzene rings is 4. The Bertz CT molecular complexity index is 1600. The van der Waals surface area contributed by atoms with Crippen molar-refractivity contribution in [1.29, 1.82) is 0 Å². The van der Waals surface area contributed by atoms with Crippen LogP contribution in [0.2, 0.25) is 5.02 Å². The van der Waals surface area contributed by atoms with Crippen molar-refractivity contribution in [3.05, 3.63) is 131 Å². The number of likely N-dealkylation sites (N-methyl/N-ethyl adjacent to an activating group) is 1. The summed E-state index contributed by atoms with van der Waals surface area (Å²) in [5.41, 5.74) is 1.18. The molecule has 42 heavy (non-hydrogen) atoms. The van der Waals surface area contributed by atoms with Crippen molar-refractivity contribution in [2.45, 2.75) is 30.8 Å². The topological polar surface area (TPSA) is 86.8 Å². The largest absolute Gasteiger partial charge is 0.355 e. The normalized spacial score (nSPS) is 11.9. The predicted molar refractivity (Wildman–Crippen MR) is 162 cm³/mol. The summed E-state index contributed by atoms with van der Waals surface area (Å²) in [5.74, 6) is -1.66. The number of sulfonamides is 1. The van der Waals surface area contributed by atoms with Gasteiger partial charge < -0.3 is 10.2 Å². The third kappa shape index (κ3) is 7.54. The number of halogens is 2. The number of hydrogen-bond acceptors (Lipinski definition) is 4. The van der Waals surface area contributed by atoms with Crippen molar-refractivity contribution in [1.82, 2.24) is 10.2 Å². The molecule has 4 aromatic carbocycles. The second kappa shape index (κ2) is 14.1. The van der Waals surface area contributed by atoms with Crippen LogP contribution in [0.25, 0.3) is 0 Å². The molecule has 4 aromatic rings. The van der Waals surface area contributed by atoms with Crippen LogP contribution in [-0.2, 0) is 32.6 Å². The third-order valence-electron chi connectivity index (χ3n) is 6.65. The maximum Gasteiger partial charge on any atom is 0.264 e. The van der Waals surface area contributed by atoms with Crippen molar-refractivity contribution in [2.24, 2.45) is 0 Å². The summed E-state index contributed by atoms with van der Waals surface area (Å²) >= 11 is 6.07. The van der Waals surface area contributed by atoms with Gasteiger partial charge in [0.2, 0.25) is 11.8 Å². The Labute approximate surface area is 250 Å². The standard InChI is InChI=1S/C32H31ClFN3O4S/c1-2-35-32(39)30(21-24-11-5-3-6-12-24)36(22-25-13-9-10-16-29(25)34)31(38)23-37(27-19-17-26(33)18-20-27)42(40,41)28-14-7-4-8-15-28/h3-20,30H,2,21-23H2,1H3,(H,35,39)/t30-/m0/s1. The van der Waals surface area contributed by atoms with Crippen LogP contribution in [0.1, 0.15) is 18.1 Å². The minimum Gasteiger partial charge on any atom is -0.355 e. The van der Waals surface area contributed by atoms with Gasteiger partial charge in [-0.3, -0.25) is 13.9 Å². The molecular formula is C32H31ClFN3O4S. The van der Waals surface area contributed by atoms with E-state index in [1.807, 2.05) is 30.3 Å². The van der Waals surface area contributed by atoms with Crippen LogP contribution in [0.3, 0.4) is 0 Å². The molecule has 0 fully saturated rings. The lowest BCUT2D eigenvalue weighted by Gasteiger charge is -2.34. The molecule has 1 atom stereocenters. The van der Waals surface area contributed by atoms with Crippen LogP contribution >= 0.6 is 11.6 Å². The van der Waals surface area contributed by atoms with E-state index in [4.69, 9.17) is 11.6 Å². The van der Waals surface area contributed by atoms with E-state index in [0.717, 1.165) is 9.87 Å². The van der Waals surface area contributed by atoms with Gasteiger partial charge in [-0.05, 0) is 55.0 Å². The van der Waals surface area contributed by atoms with Crippen LogP contribution in [0, 0.1) is 5.82 Å². The Kier molecular flexibility index (Phi) is 10.3. The molecule has 4 rings (SSSR count). The summed E-state index contributed by atoms with van der Waals surface area (Å²) in [6.45, 7) is 1.18. The number of nitrogens with zero attached hydrogens (tertiary/aromatic N) is 2. The second-order valence-corrected chi connectivity index (χ2v) is 11.8. The van der Waals surface area contributed by atoms with Gasteiger partial charge in [0.1, 0.15) is 18.4 Å². The quantitative estimate of drug-likeness (QED) is 0.232. The first kappa shape index (κ1) is 30.7. The minimum absolute atomic E-state index is 0.0158. The fourth-order valence-corrected chi connectivity index (χ4v) is 6.07. The zero-order valence-electron chi connectivity index (χ0n) is 23.0. The number of nitrogens with one attached hydrogen (secondary N) is 1. The molecule has 0 bridgehead atoms. The van der Waals surface area contributed by atoms with Crippen molar-refractivity contribution >= 4 is 39.1 Å². The Morgan fingerprint density at radius 2 is 1.45 bits per heavy atom. The first-order valence-corrected chi connectivity index (χ1v) is 15.2. The Morgan fingerprint density at radius 3 is 2.07 bits per heavy atom. The first-order chi connectivity index (χ1) is 20.2. The lowest BCUT2D eigenvalue weighted by Crippen LogP contribution is -2.53.